The fraction of sp³-hybridized carbons (Fsp3) is 0.929. The first kappa shape index (κ1) is 16.6. The predicted octanol–water partition coefficient (Wildman–Crippen LogP) is 2.34. The quantitative estimate of drug-likeness (QED) is 0.720. The monoisotopic (exact) mass is 242 g/mol. The van der Waals surface area contributed by atoms with Crippen molar-refractivity contribution in [1.82, 2.24) is 5.32 Å². The summed E-state index contributed by atoms with van der Waals surface area (Å²) in [5.41, 5.74) is 6.31. The average molecular weight is 242 g/mol. The van der Waals surface area contributed by atoms with Crippen LogP contribution in [-0.2, 0) is 4.79 Å². The van der Waals surface area contributed by atoms with Gasteiger partial charge in [0.2, 0.25) is 0 Å². The third kappa shape index (κ3) is 9.31. The van der Waals surface area contributed by atoms with Crippen molar-refractivity contribution < 1.29 is 4.79 Å². The summed E-state index contributed by atoms with van der Waals surface area (Å²) < 4.78 is 0. The molecule has 0 aliphatic heterocycles. The molecular formula is C14H30N2O. The van der Waals surface area contributed by atoms with E-state index in [9.17, 15) is 4.79 Å². The van der Waals surface area contributed by atoms with Gasteiger partial charge in [0.05, 0.1) is 6.04 Å². The van der Waals surface area contributed by atoms with Crippen molar-refractivity contribution in [2.24, 2.45) is 17.1 Å². The molecule has 0 aliphatic carbocycles. The van der Waals surface area contributed by atoms with Gasteiger partial charge in [-0.1, -0.05) is 34.6 Å². The molecule has 0 amide bonds. The summed E-state index contributed by atoms with van der Waals surface area (Å²) in [6, 6.07) is 0.0741. The van der Waals surface area contributed by atoms with E-state index >= 15 is 0 Å². The van der Waals surface area contributed by atoms with E-state index in [1.807, 2.05) is 0 Å². The lowest BCUT2D eigenvalue weighted by molar-refractivity contribution is -0.119. The van der Waals surface area contributed by atoms with Gasteiger partial charge in [0.1, 0.15) is 5.78 Å². The van der Waals surface area contributed by atoms with Crippen LogP contribution in [0.1, 0.15) is 54.4 Å². The van der Waals surface area contributed by atoms with Gasteiger partial charge in [0.15, 0.2) is 0 Å². The largest absolute Gasteiger partial charge is 0.327 e. The molecule has 0 saturated heterocycles. The topological polar surface area (TPSA) is 55.1 Å². The molecule has 0 radical (unpaired) electrons. The van der Waals surface area contributed by atoms with Crippen LogP contribution in [-0.4, -0.2) is 24.4 Å². The zero-order chi connectivity index (χ0) is 13.6. The molecule has 0 aromatic carbocycles. The number of carbonyl (C=O) groups is 1. The smallest absolute Gasteiger partial charge is 0.146 e. The lowest BCUT2D eigenvalue weighted by Gasteiger charge is -2.25. The highest BCUT2D eigenvalue weighted by Gasteiger charge is 2.19. The van der Waals surface area contributed by atoms with Crippen LogP contribution in [0, 0.1) is 11.3 Å². The van der Waals surface area contributed by atoms with Crippen molar-refractivity contribution in [3.8, 4) is 0 Å². The predicted molar refractivity (Wildman–Crippen MR) is 74.0 cm³/mol. The number of carbonyl (C=O) groups excluding carboxylic acids is 1. The van der Waals surface area contributed by atoms with Crippen LogP contribution in [0.2, 0.25) is 0 Å². The Balaban J connectivity index is 4.08. The van der Waals surface area contributed by atoms with Gasteiger partial charge in [-0.15, -0.1) is 0 Å². The molecule has 0 unspecified atom stereocenters. The number of rotatable bonds is 7. The highest BCUT2D eigenvalue weighted by molar-refractivity contribution is 5.81. The molecule has 0 bridgehead atoms. The molecule has 2 atom stereocenters. The second-order valence-corrected chi connectivity index (χ2v) is 6.73. The van der Waals surface area contributed by atoms with Crippen molar-refractivity contribution in [2.75, 3.05) is 6.54 Å². The van der Waals surface area contributed by atoms with Gasteiger partial charge in [-0.2, -0.15) is 0 Å². The summed E-state index contributed by atoms with van der Waals surface area (Å²) in [6.45, 7) is 13.2. The van der Waals surface area contributed by atoms with E-state index in [-0.39, 0.29) is 23.3 Å². The number of Topliss-reactive ketones (excluding diaryl/α,β-unsaturated/α-hetero) is 1. The molecule has 3 nitrogen and oxygen atoms in total. The summed E-state index contributed by atoms with van der Waals surface area (Å²) in [5.74, 6) is 0.733. The summed E-state index contributed by atoms with van der Waals surface area (Å²) in [6.07, 6.45) is 1.85. The van der Waals surface area contributed by atoms with E-state index in [1.54, 1.807) is 6.92 Å². The standard InChI is InChI=1S/C14H30N2O/c1-10(2)7-13(11(3)17)16-9-12(15)8-14(4,5)6/h10,12-13,16H,7-9,15H2,1-6H3/t12-,13+/m1/s1. The second kappa shape index (κ2) is 7.12. The van der Waals surface area contributed by atoms with Crippen molar-refractivity contribution in [1.29, 1.82) is 0 Å². The average Bonchev–Trinajstić information content (AvgIpc) is 2.08. The number of hydrogen-bond acceptors (Lipinski definition) is 3. The Labute approximate surface area is 107 Å². The first-order chi connectivity index (χ1) is 7.61. The zero-order valence-corrected chi connectivity index (χ0v) is 12.3. The van der Waals surface area contributed by atoms with Crippen LogP contribution in [0.25, 0.3) is 0 Å². The van der Waals surface area contributed by atoms with Crippen molar-refractivity contribution in [2.45, 2.75) is 66.5 Å². The maximum atomic E-state index is 11.5. The van der Waals surface area contributed by atoms with Crippen molar-refractivity contribution in [3.05, 3.63) is 0 Å². The fourth-order valence-electron chi connectivity index (χ4n) is 2.02. The van der Waals surface area contributed by atoms with Gasteiger partial charge in [-0.3, -0.25) is 4.79 Å². The number of nitrogens with two attached hydrogens (primary N) is 1. The first-order valence-corrected chi connectivity index (χ1v) is 6.61. The zero-order valence-electron chi connectivity index (χ0n) is 12.3. The highest BCUT2D eigenvalue weighted by Crippen LogP contribution is 2.19. The Morgan fingerprint density at radius 2 is 1.82 bits per heavy atom. The Bertz CT molecular complexity index is 231. The molecule has 17 heavy (non-hydrogen) atoms. The molecule has 0 aromatic heterocycles. The Kier molecular flexibility index (Phi) is 6.95. The molecule has 0 saturated carbocycles. The molecule has 3 N–H and O–H groups in total. The van der Waals surface area contributed by atoms with Crippen LogP contribution in [0.5, 0.6) is 0 Å². The van der Waals surface area contributed by atoms with Gasteiger partial charge in [-0.05, 0) is 31.1 Å². The second-order valence-electron chi connectivity index (χ2n) is 6.73. The molecule has 0 aromatic rings. The van der Waals surface area contributed by atoms with Crippen LogP contribution >= 0.6 is 0 Å². The van der Waals surface area contributed by atoms with Gasteiger partial charge < -0.3 is 11.1 Å². The summed E-state index contributed by atoms with van der Waals surface area (Å²) in [5, 5.41) is 3.30. The van der Waals surface area contributed by atoms with Crippen LogP contribution < -0.4 is 11.1 Å². The van der Waals surface area contributed by atoms with E-state index in [1.165, 1.54) is 0 Å². The Morgan fingerprint density at radius 1 is 1.29 bits per heavy atom. The third-order valence-electron chi connectivity index (χ3n) is 2.70. The minimum atomic E-state index is -0.0407. The highest BCUT2D eigenvalue weighted by atomic mass is 16.1. The van der Waals surface area contributed by atoms with Gasteiger partial charge in [0.25, 0.3) is 0 Å². The molecule has 0 heterocycles. The summed E-state index contributed by atoms with van der Waals surface area (Å²) >= 11 is 0. The number of nitrogens with one attached hydrogen (secondary N) is 1. The number of hydrogen-bond donors (Lipinski definition) is 2. The normalized spacial score (nSPS) is 16.0. The van der Waals surface area contributed by atoms with Gasteiger partial charge >= 0.3 is 0 Å². The lowest BCUT2D eigenvalue weighted by atomic mass is 9.88. The lowest BCUT2D eigenvalue weighted by Crippen LogP contribution is -2.44. The SMILES string of the molecule is CC(=O)[C@H](CC(C)C)NC[C@H](N)CC(C)(C)C. The van der Waals surface area contributed by atoms with E-state index in [2.05, 4.69) is 39.9 Å². The minimum Gasteiger partial charge on any atom is -0.327 e. The summed E-state index contributed by atoms with van der Waals surface area (Å²) in [7, 11) is 0. The van der Waals surface area contributed by atoms with E-state index < -0.39 is 0 Å². The van der Waals surface area contributed by atoms with E-state index in [4.69, 9.17) is 5.73 Å². The molecule has 0 fully saturated rings. The minimum absolute atomic E-state index is 0.0407. The molecule has 0 aliphatic rings. The maximum Gasteiger partial charge on any atom is 0.146 e. The van der Waals surface area contributed by atoms with Crippen molar-refractivity contribution >= 4 is 5.78 Å². The van der Waals surface area contributed by atoms with Gasteiger partial charge in [-0.25, -0.2) is 0 Å². The molecule has 0 spiro atoms. The Morgan fingerprint density at radius 3 is 2.18 bits per heavy atom. The first-order valence-electron chi connectivity index (χ1n) is 6.61. The van der Waals surface area contributed by atoms with E-state index in [0.29, 0.717) is 12.5 Å². The van der Waals surface area contributed by atoms with Crippen LogP contribution in [0.3, 0.4) is 0 Å². The fourth-order valence-corrected chi connectivity index (χ4v) is 2.02. The van der Waals surface area contributed by atoms with Crippen LogP contribution in [0.15, 0.2) is 0 Å². The van der Waals surface area contributed by atoms with E-state index in [0.717, 1.165) is 12.8 Å². The van der Waals surface area contributed by atoms with Gasteiger partial charge in [0, 0.05) is 12.6 Å². The molecule has 3 heteroatoms. The third-order valence-corrected chi connectivity index (χ3v) is 2.70. The molecular weight excluding hydrogens is 212 g/mol. The molecule has 0 rings (SSSR count). The number of ketones is 1. The van der Waals surface area contributed by atoms with Crippen molar-refractivity contribution in [3.63, 3.8) is 0 Å². The molecule has 102 valence electrons. The Hall–Kier alpha value is -0.410. The van der Waals surface area contributed by atoms with Crippen LogP contribution in [0.4, 0.5) is 0 Å². The maximum absolute atomic E-state index is 11.5. The summed E-state index contributed by atoms with van der Waals surface area (Å²) in [4.78, 5) is 11.5.